The monoisotopic (exact) mass is 242 g/mol. The van der Waals surface area contributed by atoms with E-state index in [2.05, 4.69) is 12.2 Å². The first-order chi connectivity index (χ1) is 8.74. The molecule has 0 fully saturated rings. The Kier molecular flexibility index (Phi) is 3.95. The summed E-state index contributed by atoms with van der Waals surface area (Å²) in [6.07, 6.45) is 0.967. The van der Waals surface area contributed by atoms with Gasteiger partial charge in [0.25, 0.3) is 0 Å². The average molecular weight is 242 g/mol. The molecule has 0 bridgehead atoms. The van der Waals surface area contributed by atoms with Gasteiger partial charge in [-0.05, 0) is 29.3 Å². The Balaban J connectivity index is 2.46. The number of carbonyl (C=O) groups excluding carboxylic acids is 1. The highest BCUT2D eigenvalue weighted by Gasteiger charge is 2.18. The van der Waals surface area contributed by atoms with Crippen molar-refractivity contribution >= 4 is 16.7 Å². The van der Waals surface area contributed by atoms with E-state index in [4.69, 9.17) is 5.73 Å². The van der Waals surface area contributed by atoms with Crippen LogP contribution in [0.4, 0.5) is 0 Å². The van der Waals surface area contributed by atoms with Crippen molar-refractivity contribution in [3.8, 4) is 0 Å². The highest BCUT2D eigenvalue weighted by Crippen LogP contribution is 2.24. The predicted octanol–water partition coefficient (Wildman–Crippen LogP) is 2.37. The molecular weight excluding hydrogens is 224 g/mol. The Morgan fingerprint density at radius 2 is 1.94 bits per heavy atom. The van der Waals surface area contributed by atoms with Gasteiger partial charge in [0.2, 0.25) is 5.91 Å². The molecule has 94 valence electrons. The molecule has 0 saturated heterocycles. The third-order valence-corrected chi connectivity index (χ3v) is 3.02. The number of rotatable bonds is 5. The molecule has 1 unspecified atom stereocenters. The minimum atomic E-state index is -0.420. The van der Waals surface area contributed by atoms with Crippen molar-refractivity contribution in [1.82, 2.24) is 5.32 Å². The molecule has 0 aliphatic heterocycles. The lowest BCUT2D eigenvalue weighted by Crippen LogP contribution is -2.34. The number of carbonyl (C=O) groups is 1. The van der Waals surface area contributed by atoms with Crippen LogP contribution < -0.4 is 11.1 Å². The van der Waals surface area contributed by atoms with E-state index >= 15 is 0 Å². The van der Waals surface area contributed by atoms with Crippen LogP contribution in [0.3, 0.4) is 0 Å². The fourth-order valence-electron chi connectivity index (χ4n) is 2.15. The lowest BCUT2D eigenvalue weighted by atomic mass is 9.98. The Morgan fingerprint density at radius 1 is 1.22 bits per heavy atom. The molecule has 2 aromatic rings. The molecule has 3 N–H and O–H groups in total. The summed E-state index contributed by atoms with van der Waals surface area (Å²) in [5.74, 6) is -0.334. The molecule has 0 radical (unpaired) electrons. The standard InChI is InChI=1S/C15H18N2O/c1-2-10-17-14(15(16)18)13-9-5-7-11-6-3-4-8-12(11)13/h3-9,14,17H,2,10H2,1H3,(H2,16,18). The maximum atomic E-state index is 11.6. The smallest absolute Gasteiger partial charge is 0.239 e. The molecule has 1 atom stereocenters. The fourth-order valence-corrected chi connectivity index (χ4v) is 2.15. The third kappa shape index (κ3) is 2.51. The second kappa shape index (κ2) is 5.65. The SMILES string of the molecule is CCCNC(C(N)=O)c1cccc2ccccc12. The van der Waals surface area contributed by atoms with Crippen LogP contribution in [-0.2, 0) is 4.79 Å². The highest BCUT2D eigenvalue weighted by atomic mass is 16.1. The molecular formula is C15H18N2O. The number of hydrogen-bond donors (Lipinski definition) is 2. The summed E-state index contributed by atoms with van der Waals surface area (Å²) in [7, 11) is 0. The first-order valence-electron chi connectivity index (χ1n) is 6.24. The summed E-state index contributed by atoms with van der Waals surface area (Å²) in [6.45, 7) is 2.84. The van der Waals surface area contributed by atoms with E-state index in [0.29, 0.717) is 0 Å². The van der Waals surface area contributed by atoms with Gasteiger partial charge in [-0.2, -0.15) is 0 Å². The largest absolute Gasteiger partial charge is 0.368 e. The Hall–Kier alpha value is -1.87. The lowest BCUT2D eigenvalue weighted by Gasteiger charge is -2.17. The van der Waals surface area contributed by atoms with Crippen molar-refractivity contribution in [2.24, 2.45) is 5.73 Å². The minimum Gasteiger partial charge on any atom is -0.368 e. The summed E-state index contributed by atoms with van der Waals surface area (Å²) in [5, 5.41) is 5.40. The zero-order valence-electron chi connectivity index (χ0n) is 10.5. The van der Waals surface area contributed by atoms with E-state index in [1.807, 2.05) is 42.5 Å². The van der Waals surface area contributed by atoms with Gasteiger partial charge in [0.15, 0.2) is 0 Å². The topological polar surface area (TPSA) is 55.1 Å². The second-order valence-electron chi connectivity index (χ2n) is 4.36. The average Bonchev–Trinajstić information content (AvgIpc) is 2.39. The van der Waals surface area contributed by atoms with Crippen LogP contribution in [0.2, 0.25) is 0 Å². The third-order valence-electron chi connectivity index (χ3n) is 3.02. The van der Waals surface area contributed by atoms with Crippen LogP contribution in [0.15, 0.2) is 42.5 Å². The molecule has 0 aliphatic carbocycles. The van der Waals surface area contributed by atoms with Gasteiger partial charge < -0.3 is 11.1 Å². The van der Waals surface area contributed by atoms with Gasteiger partial charge in [-0.3, -0.25) is 4.79 Å². The molecule has 0 saturated carbocycles. The van der Waals surface area contributed by atoms with Crippen molar-refractivity contribution < 1.29 is 4.79 Å². The van der Waals surface area contributed by atoms with Crippen molar-refractivity contribution in [2.75, 3.05) is 6.54 Å². The normalized spacial score (nSPS) is 12.5. The molecule has 0 spiro atoms. The number of nitrogens with two attached hydrogens (primary N) is 1. The van der Waals surface area contributed by atoms with Gasteiger partial charge in [0.05, 0.1) is 0 Å². The quantitative estimate of drug-likeness (QED) is 0.845. The Labute approximate surface area is 107 Å². The van der Waals surface area contributed by atoms with Crippen molar-refractivity contribution in [2.45, 2.75) is 19.4 Å². The van der Waals surface area contributed by atoms with Crippen molar-refractivity contribution in [3.05, 3.63) is 48.0 Å². The maximum Gasteiger partial charge on any atom is 0.239 e. The lowest BCUT2D eigenvalue weighted by molar-refractivity contribution is -0.120. The zero-order chi connectivity index (χ0) is 13.0. The van der Waals surface area contributed by atoms with Crippen molar-refractivity contribution in [1.29, 1.82) is 0 Å². The molecule has 3 heteroatoms. The van der Waals surface area contributed by atoms with Crippen LogP contribution in [0, 0.1) is 0 Å². The van der Waals surface area contributed by atoms with E-state index in [1.54, 1.807) is 0 Å². The van der Waals surface area contributed by atoms with Gasteiger partial charge >= 0.3 is 0 Å². The van der Waals surface area contributed by atoms with Gasteiger partial charge in [-0.15, -0.1) is 0 Å². The van der Waals surface area contributed by atoms with Crippen LogP contribution in [0.1, 0.15) is 24.9 Å². The van der Waals surface area contributed by atoms with Crippen LogP contribution in [0.25, 0.3) is 10.8 Å². The summed E-state index contributed by atoms with van der Waals surface area (Å²) >= 11 is 0. The number of benzene rings is 2. The summed E-state index contributed by atoms with van der Waals surface area (Å²) in [4.78, 5) is 11.6. The minimum absolute atomic E-state index is 0.334. The van der Waals surface area contributed by atoms with Crippen LogP contribution >= 0.6 is 0 Å². The Morgan fingerprint density at radius 3 is 2.67 bits per heavy atom. The molecule has 1 amide bonds. The number of amides is 1. The summed E-state index contributed by atoms with van der Waals surface area (Å²) in [5.41, 5.74) is 6.45. The molecule has 18 heavy (non-hydrogen) atoms. The van der Waals surface area contributed by atoms with Gasteiger partial charge in [-0.25, -0.2) is 0 Å². The summed E-state index contributed by atoms with van der Waals surface area (Å²) in [6, 6.07) is 13.6. The number of hydrogen-bond acceptors (Lipinski definition) is 2. The highest BCUT2D eigenvalue weighted by molar-refractivity contribution is 5.92. The van der Waals surface area contributed by atoms with Crippen molar-refractivity contribution in [3.63, 3.8) is 0 Å². The first-order valence-corrected chi connectivity index (χ1v) is 6.24. The Bertz CT molecular complexity index is 546. The fraction of sp³-hybridized carbons (Fsp3) is 0.267. The van der Waals surface area contributed by atoms with E-state index in [0.717, 1.165) is 29.3 Å². The summed E-state index contributed by atoms with van der Waals surface area (Å²) < 4.78 is 0. The molecule has 0 aliphatic rings. The van der Waals surface area contributed by atoms with E-state index in [-0.39, 0.29) is 5.91 Å². The van der Waals surface area contributed by atoms with E-state index in [1.165, 1.54) is 0 Å². The molecule has 0 heterocycles. The van der Waals surface area contributed by atoms with E-state index in [9.17, 15) is 4.79 Å². The number of fused-ring (bicyclic) bond motifs is 1. The van der Waals surface area contributed by atoms with Crippen LogP contribution in [0.5, 0.6) is 0 Å². The molecule has 2 rings (SSSR count). The van der Waals surface area contributed by atoms with Gasteiger partial charge in [0, 0.05) is 0 Å². The van der Waals surface area contributed by atoms with E-state index < -0.39 is 6.04 Å². The first kappa shape index (κ1) is 12.6. The van der Waals surface area contributed by atoms with Crippen LogP contribution in [-0.4, -0.2) is 12.5 Å². The van der Waals surface area contributed by atoms with Gasteiger partial charge in [-0.1, -0.05) is 49.4 Å². The molecule has 2 aromatic carbocycles. The second-order valence-corrected chi connectivity index (χ2v) is 4.36. The number of nitrogens with one attached hydrogen (secondary N) is 1. The predicted molar refractivity (Wildman–Crippen MR) is 74.2 cm³/mol. The van der Waals surface area contributed by atoms with Gasteiger partial charge in [0.1, 0.15) is 6.04 Å². The zero-order valence-corrected chi connectivity index (χ0v) is 10.5. The maximum absolute atomic E-state index is 11.6. The number of primary amides is 1. The molecule has 3 nitrogen and oxygen atoms in total. The molecule has 0 aromatic heterocycles.